The molecule has 0 fully saturated rings. The van der Waals surface area contributed by atoms with Crippen LogP contribution in [-0.2, 0) is 24.3 Å². The van der Waals surface area contributed by atoms with E-state index >= 15 is 0 Å². The monoisotopic (exact) mass is 329 g/mol. The summed E-state index contributed by atoms with van der Waals surface area (Å²) in [7, 11) is 0. The van der Waals surface area contributed by atoms with E-state index in [4.69, 9.17) is 0 Å². The van der Waals surface area contributed by atoms with E-state index < -0.39 is 6.03 Å². The second-order valence-corrected chi connectivity index (χ2v) is 6.55. The molecule has 1 aliphatic rings. The minimum atomic E-state index is -0.452. The summed E-state index contributed by atoms with van der Waals surface area (Å²) >= 11 is 1.77. The van der Waals surface area contributed by atoms with Crippen LogP contribution >= 0.6 is 11.3 Å². The summed E-state index contributed by atoms with van der Waals surface area (Å²) in [5.41, 5.74) is 2.29. The zero-order valence-electron chi connectivity index (χ0n) is 12.7. The molecule has 2 N–H and O–H groups in total. The van der Waals surface area contributed by atoms with Gasteiger partial charge in [0.1, 0.15) is 0 Å². The van der Waals surface area contributed by atoms with Crippen LogP contribution in [0.15, 0.2) is 41.8 Å². The molecule has 0 spiro atoms. The van der Waals surface area contributed by atoms with Gasteiger partial charge in [0.25, 0.3) is 0 Å². The van der Waals surface area contributed by atoms with Crippen molar-refractivity contribution in [3.05, 3.63) is 57.8 Å². The van der Waals surface area contributed by atoms with Crippen molar-refractivity contribution in [3.8, 4) is 0 Å². The fraction of sp³-hybridized carbons (Fsp3) is 0.294. The number of carbonyl (C=O) groups excluding carboxylic acids is 2. The largest absolute Gasteiger partial charge is 0.334 e. The Labute approximate surface area is 139 Å². The van der Waals surface area contributed by atoms with E-state index in [0.29, 0.717) is 6.54 Å². The number of imide groups is 1. The van der Waals surface area contributed by atoms with Crippen molar-refractivity contribution in [2.45, 2.75) is 19.5 Å². The lowest BCUT2D eigenvalue weighted by atomic mass is 10.1. The van der Waals surface area contributed by atoms with Crippen molar-refractivity contribution in [3.63, 3.8) is 0 Å². The van der Waals surface area contributed by atoms with E-state index in [1.165, 1.54) is 10.4 Å². The maximum Gasteiger partial charge on any atom is 0.321 e. The van der Waals surface area contributed by atoms with E-state index in [1.54, 1.807) is 11.3 Å². The fourth-order valence-electron chi connectivity index (χ4n) is 2.63. The normalized spacial score (nSPS) is 14.1. The molecule has 1 aliphatic heterocycles. The van der Waals surface area contributed by atoms with Crippen LogP contribution in [0.5, 0.6) is 0 Å². The van der Waals surface area contributed by atoms with Gasteiger partial charge < -0.3 is 5.32 Å². The molecular weight excluding hydrogens is 310 g/mol. The number of nitrogens with one attached hydrogen (secondary N) is 2. The van der Waals surface area contributed by atoms with Crippen LogP contribution in [-0.4, -0.2) is 29.9 Å². The van der Waals surface area contributed by atoms with E-state index in [9.17, 15) is 9.59 Å². The molecule has 23 heavy (non-hydrogen) atoms. The molecule has 6 heteroatoms. The fourth-order valence-corrected chi connectivity index (χ4v) is 3.52. The van der Waals surface area contributed by atoms with E-state index in [2.05, 4.69) is 27.0 Å². The first-order valence-corrected chi connectivity index (χ1v) is 8.48. The maximum atomic E-state index is 12.0. The number of hydrogen-bond acceptors (Lipinski definition) is 4. The molecule has 2 aromatic rings. The summed E-state index contributed by atoms with van der Waals surface area (Å²) in [5.74, 6) is -0.269. The third-order valence-corrected chi connectivity index (χ3v) is 4.83. The topological polar surface area (TPSA) is 61.4 Å². The van der Waals surface area contributed by atoms with Gasteiger partial charge in [0.15, 0.2) is 0 Å². The lowest BCUT2D eigenvalue weighted by Crippen LogP contribution is -2.45. The van der Waals surface area contributed by atoms with Crippen molar-refractivity contribution < 1.29 is 9.59 Å². The Bertz CT molecular complexity index is 684. The Hall–Kier alpha value is -2.18. The molecule has 0 bridgehead atoms. The predicted octanol–water partition coefficient (Wildman–Crippen LogP) is 2.13. The first-order chi connectivity index (χ1) is 11.2. The molecule has 120 valence electrons. The van der Waals surface area contributed by atoms with Crippen LogP contribution in [0.4, 0.5) is 4.79 Å². The molecule has 1 aromatic heterocycles. The summed E-state index contributed by atoms with van der Waals surface area (Å²) in [4.78, 5) is 27.2. The zero-order valence-corrected chi connectivity index (χ0v) is 13.6. The van der Waals surface area contributed by atoms with Crippen LogP contribution in [0.3, 0.4) is 0 Å². The molecule has 0 saturated carbocycles. The van der Waals surface area contributed by atoms with Crippen LogP contribution in [0.2, 0.25) is 0 Å². The van der Waals surface area contributed by atoms with Gasteiger partial charge in [-0.2, -0.15) is 0 Å². The summed E-state index contributed by atoms with van der Waals surface area (Å²) < 4.78 is 0. The molecule has 3 rings (SSSR count). The minimum absolute atomic E-state index is 0.244. The first-order valence-electron chi connectivity index (χ1n) is 7.60. The van der Waals surface area contributed by atoms with Gasteiger partial charge in [0.2, 0.25) is 5.91 Å². The average Bonchev–Trinajstić information content (AvgIpc) is 3.01. The number of thiophene rings is 1. The molecule has 0 unspecified atom stereocenters. The molecule has 0 atom stereocenters. The number of urea groups is 1. The van der Waals surface area contributed by atoms with Crippen molar-refractivity contribution in [1.29, 1.82) is 0 Å². The third kappa shape index (κ3) is 4.40. The molecule has 5 nitrogen and oxygen atoms in total. The van der Waals surface area contributed by atoms with Gasteiger partial charge in [0, 0.05) is 24.5 Å². The van der Waals surface area contributed by atoms with Gasteiger partial charge in [-0.3, -0.25) is 15.0 Å². The molecule has 2 heterocycles. The first kappa shape index (κ1) is 15.7. The van der Waals surface area contributed by atoms with Crippen LogP contribution in [0, 0.1) is 0 Å². The Morgan fingerprint density at radius 3 is 2.83 bits per heavy atom. The van der Waals surface area contributed by atoms with Crippen LogP contribution in [0.25, 0.3) is 0 Å². The highest BCUT2D eigenvalue weighted by molar-refractivity contribution is 7.10. The van der Waals surface area contributed by atoms with Gasteiger partial charge in [0.05, 0.1) is 6.54 Å². The smallest absolute Gasteiger partial charge is 0.321 e. The quantitative estimate of drug-likeness (QED) is 0.903. The van der Waals surface area contributed by atoms with Gasteiger partial charge in [-0.25, -0.2) is 4.79 Å². The minimum Gasteiger partial charge on any atom is -0.334 e. The van der Waals surface area contributed by atoms with Gasteiger partial charge >= 0.3 is 6.03 Å². The second kappa shape index (κ2) is 7.39. The van der Waals surface area contributed by atoms with Crippen LogP contribution in [0.1, 0.15) is 16.0 Å². The molecule has 0 aliphatic carbocycles. The number of nitrogens with zero attached hydrogens (tertiary/aromatic N) is 1. The molecule has 0 radical (unpaired) electrons. The number of hydrogen-bond donors (Lipinski definition) is 2. The standard InChI is InChI=1S/C17H19N3O2S/c21-16(12-20-8-6-15-14(11-20)7-9-23-15)19-17(22)18-10-13-4-2-1-3-5-13/h1-5,7,9H,6,8,10-12H2,(H2,18,19,21,22). The Morgan fingerprint density at radius 2 is 2.00 bits per heavy atom. The van der Waals surface area contributed by atoms with E-state index in [0.717, 1.165) is 25.1 Å². The van der Waals surface area contributed by atoms with E-state index in [1.807, 2.05) is 30.3 Å². The van der Waals surface area contributed by atoms with Crippen LogP contribution < -0.4 is 10.6 Å². The highest BCUT2D eigenvalue weighted by Gasteiger charge is 2.19. The molecule has 3 amide bonds. The summed E-state index contributed by atoms with van der Waals surface area (Å²) in [6, 6.07) is 11.3. The average molecular weight is 329 g/mol. The Morgan fingerprint density at radius 1 is 1.17 bits per heavy atom. The number of benzene rings is 1. The summed E-state index contributed by atoms with van der Waals surface area (Å²) in [5, 5.41) is 7.17. The van der Waals surface area contributed by atoms with Crippen molar-refractivity contribution >= 4 is 23.3 Å². The molecule has 1 aromatic carbocycles. The SMILES string of the molecule is O=C(CN1CCc2sccc2C1)NC(=O)NCc1ccccc1. The number of fused-ring (bicyclic) bond motifs is 1. The number of amides is 3. The number of carbonyl (C=O) groups is 2. The highest BCUT2D eigenvalue weighted by atomic mass is 32.1. The van der Waals surface area contributed by atoms with Gasteiger partial charge in [-0.05, 0) is 29.0 Å². The second-order valence-electron chi connectivity index (χ2n) is 5.55. The van der Waals surface area contributed by atoms with Crippen molar-refractivity contribution in [2.24, 2.45) is 0 Å². The maximum absolute atomic E-state index is 12.0. The molecule has 0 saturated heterocycles. The van der Waals surface area contributed by atoms with Crippen molar-refractivity contribution in [2.75, 3.05) is 13.1 Å². The summed E-state index contributed by atoms with van der Waals surface area (Å²) in [6.07, 6.45) is 0.973. The molecular formula is C17H19N3O2S. The van der Waals surface area contributed by atoms with Gasteiger partial charge in [-0.15, -0.1) is 11.3 Å². The third-order valence-electron chi connectivity index (χ3n) is 3.80. The number of rotatable bonds is 4. The summed E-state index contributed by atoms with van der Waals surface area (Å²) in [6.45, 7) is 2.28. The van der Waals surface area contributed by atoms with Gasteiger partial charge in [-0.1, -0.05) is 30.3 Å². The van der Waals surface area contributed by atoms with E-state index in [-0.39, 0.29) is 12.5 Å². The predicted molar refractivity (Wildman–Crippen MR) is 90.1 cm³/mol. The Balaban J connectivity index is 1.42. The lowest BCUT2D eigenvalue weighted by Gasteiger charge is -2.25. The lowest BCUT2D eigenvalue weighted by molar-refractivity contribution is -0.121. The Kier molecular flexibility index (Phi) is 5.05. The van der Waals surface area contributed by atoms with Crippen molar-refractivity contribution in [1.82, 2.24) is 15.5 Å². The highest BCUT2D eigenvalue weighted by Crippen LogP contribution is 2.23. The zero-order chi connectivity index (χ0) is 16.1.